The molecule has 0 heterocycles. The first-order chi connectivity index (χ1) is 7.54. The molecule has 0 spiro atoms. The Labute approximate surface area is 99.8 Å². The smallest absolute Gasteiger partial charge is 0.251 e. The van der Waals surface area contributed by atoms with Crippen molar-refractivity contribution in [2.45, 2.75) is 26.3 Å². The van der Waals surface area contributed by atoms with E-state index in [0.29, 0.717) is 17.9 Å². The molecule has 0 aliphatic carbocycles. The molecule has 0 bridgehead atoms. The number of amides is 1. The zero-order valence-corrected chi connectivity index (χ0v) is 10.1. The number of halogens is 2. The second kappa shape index (κ2) is 5.85. The number of hydrogen-bond acceptors (Lipinski definition) is 1. The minimum absolute atomic E-state index is 0.00679. The Balaban J connectivity index is 2.76. The van der Waals surface area contributed by atoms with Crippen LogP contribution in [-0.2, 0) is 0 Å². The van der Waals surface area contributed by atoms with Gasteiger partial charge in [-0.1, -0.05) is 6.07 Å². The second-order valence-electron chi connectivity index (χ2n) is 3.81. The largest absolute Gasteiger partial charge is 0.350 e. The Morgan fingerprint density at radius 3 is 2.88 bits per heavy atom. The zero-order chi connectivity index (χ0) is 12.1. The number of hydrogen-bond donors (Lipinski definition) is 1. The maximum atomic E-state index is 13.0. The molecular weight excluding hydrogens is 229 g/mol. The molecule has 1 N–H and O–H groups in total. The van der Waals surface area contributed by atoms with E-state index < -0.39 is 5.82 Å². The van der Waals surface area contributed by atoms with Crippen LogP contribution in [0.1, 0.15) is 29.3 Å². The Morgan fingerprint density at radius 1 is 1.56 bits per heavy atom. The van der Waals surface area contributed by atoms with Gasteiger partial charge in [0, 0.05) is 17.5 Å². The lowest BCUT2D eigenvalue weighted by Crippen LogP contribution is -2.33. The molecule has 0 saturated heterocycles. The van der Waals surface area contributed by atoms with Gasteiger partial charge < -0.3 is 5.32 Å². The van der Waals surface area contributed by atoms with Crippen molar-refractivity contribution in [3.05, 3.63) is 35.1 Å². The maximum absolute atomic E-state index is 13.0. The van der Waals surface area contributed by atoms with Gasteiger partial charge in [0.2, 0.25) is 0 Å². The van der Waals surface area contributed by atoms with E-state index in [1.54, 1.807) is 13.0 Å². The lowest BCUT2D eigenvalue weighted by Gasteiger charge is -2.13. The summed E-state index contributed by atoms with van der Waals surface area (Å²) in [5, 5.41) is 2.78. The number of carbonyl (C=O) groups excluding carboxylic acids is 1. The van der Waals surface area contributed by atoms with E-state index in [0.717, 1.165) is 5.56 Å². The topological polar surface area (TPSA) is 29.1 Å². The van der Waals surface area contributed by atoms with E-state index in [4.69, 9.17) is 11.6 Å². The van der Waals surface area contributed by atoms with Crippen molar-refractivity contribution < 1.29 is 9.18 Å². The molecule has 1 unspecified atom stereocenters. The molecule has 1 atom stereocenters. The minimum Gasteiger partial charge on any atom is -0.350 e. The van der Waals surface area contributed by atoms with Crippen LogP contribution in [0, 0.1) is 12.7 Å². The predicted molar refractivity (Wildman–Crippen MR) is 63.4 cm³/mol. The lowest BCUT2D eigenvalue weighted by atomic mass is 10.1. The number of aryl methyl sites for hydroxylation is 1. The van der Waals surface area contributed by atoms with Crippen LogP contribution < -0.4 is 5.32 Å². The van der Waals surface area contributed by atoms with Gasteiger partial charge >= 0.3 is 0 Å². The summed E-state index contributed by atoms with van der Waals surface area (Å²) in [6.07, 6.45) is 0.696. The van der Waals surface area contributed by atoms with Crippen LogP contribution in [0.5, 0.6) is 0 Å². The van der Waals surface area contributed by atoms with E-state index in [9.17, 15) is 9.18 Å². The van der Waals surface area contributed by atoms with Gasteiger partial charge in [0.25, 0.3) is 5.91 Å². The van der Waals surface area contributed by atoms with Gasteiger partial charge in [0.15, 0.2) is 0 Å². The molecule has 0 aliphatic heterocycles. The summed E-state index contributed by atoms with van der Waals surface area (Å²) >= 11 is 5.57. The summed E-state index contributed by atoms with van der Waals surface area (Å²) in [7, 11) is 0. The number of alkyl halides is 1. The SMILES string of the molecule is Cc1ccc(F)cc1C(=O)NC(C)CCCl. The fourth-order valence-electron chi connectivity index (χ4n) is 1.38. The third-order valence-corrected chi connectivity index (χ3v) is 2.58. The van der Waals surface area contributed by atoms with Crippen LogP contribution in [0.25, 0.3) is 0 Å². The Hall–Kier alpha value is -1.09. The minimum atomic E-state index is -0.402. The van der Waals surface area contributed by atoms with Crippen molar-refractivity contribution in [2.24, 2.45) is 0 Å². The average Bonchev–Trinajstić information content (AvgIpc) is 2.21. The molecule has 0 aliphatic rings. The van der Waals surface area contributed by atoms with Crippen LogP contribution in [0.3, 0.4) is 0 Å². The monoisotopic (exact) mass is 243 g/mol. The molecule has 0 aromatic heterocycles. The Kier molecular flexibility index (Phi) is 4.74. The fraction of sp³-hybridized carbons (Fsp3) is 0.417. The van der Waals surface area contributed by atoms with Crippen molar-refractivity contribution in [1.82, 2.24) is 5.32 Å². The third kappa shape index (κ3) is 3.49. The molecule has 4 heteroatoms. The second-order valence-corrected chi connectivity index (χ2v) is 4.19. The number of nitrogens with one attached hydrogen (secondary N) is 1. The Morgan fingerprint density at radius 2 is 2.25 bits per heavy atom. The quantitative estimate of drug-likeness (QED) is 0.810. The maximum Gasteiger partial charge on any atom is 0.251 e. The van der Waals surface area contributed by atoms with Gasteiger partial charge in [-0.3, -0.25) is 4.79 Å². The summed E-state index contributed by atoms with van der Waals surface area (Å²) in [6.45, 7) is 3.65. The van der Waals surface area contributed by atoms with Crippen LogP contribution in [0.15, 0.2) is 18.2 Å². The molecule has 1 rings (SSSR count). The van der Waals surface area contributed by atoms with Crippen molar-refractivity contribution in [2.75, 3.05) is 5.88 Å². The number of benzene rings is 1. The van der Waals surface area contributed by atoms with E-state index in [-0.39, 0.29) is 11.9 Å². The standard InChI is InChI=1S/C12H15ClFNO/c1-8-3-4-10(14)7-11(8)12(16)15-9(2)5-6-13/h3-4,7,9H,5-6H2,1-2H3,(H,15,16). The molecule has 2 nitrogen and oxygen atoms in total. The number of carbonyl (C=O) groups is 1. The first kappa shape index (κ1) is 13.0. The van der Waals surface area contributed by atoms with Crippen molar-refractivity contribution in [3.8, 4) is 0 Å². The molecular formula is C12H15ClFNO. The molecule has 16 heavy (non-hydrogen) atoms. The van der Waals surface area contributed by atoms with Crippen molar-refractivity contribution in [3.63, 3.8) is 0 Å². The molecule has 1 aromatic rings. The highest BCUT2D eigenvalue weighted by atomic mass is 35.5. The van der Waals surface area contributed by atoms with Crippen molar-refractivity contribution >= 4 is 17.5 Å². The summed E-state index contributed by atoms with van der Waals surface area (Å²) in [5.74, 6) is -0.167. The van der Waals surface area contributed by atoms with E-state index >= 15 is 0 Å². The summed E-state index contributed by atoms with van der Waals surface area (Å²) < 4.78 is 13.0. The number of rotatable bonds is 4. The van der Waals surface area contributed by atoms with E-state index in [1.165, 1.54) is 12.1 Å². The molecule has 0 saturated carbocycles. The van der Waals surface area contributed by atoms with Gasteiger partial charge in [-0.2, -0.15) is 0 Å². The normalized spacial score (nSPS) is 12.2. The van der Waals surface area contributed by atoms with Gasteiger partial charge in [-0.25, -0.2) is 4.39 Å². The molecule has 1 aromatic carbocycles. The predicted octanol–water partition coefficient (Wildman–Crippen LogP) is 2.88. The van der Waals surface area contributed by atoms with Gasteiger partial charge in [-0.05, 0) is 38.0 Å². The highest BCUT2D eigenvalue weighted by molar-refractivity contribution is 6.17. The van der Waals surface area contributed by atoms with Gasteiger partial charge in [0.1, 0.15) is 5.82 Å². The first-order valence-electron chi connectivity index (χ1n) is 5.17. The zero-order valence-electron chi connectivity index (χ0n) is 9.39. The summed E-state index contributed by atoms with van der Waals surface area (Å²) in [6, 6.07) is 4.18. The van der Waals surface area contributed by atoms with E-state index in [1.807, 2.05) is 6.92 Å². The molecule has 1 amide bonds. The molecule has 88 valence electrons. The summed E-state index contributed by atoms with van der Waals surface area (Å²) in [5.41, 5.74) is 1.14. The highest BCUT2D eigenvalue weighted by Crippen LogP contribution is 2.10. The van der Waals surface area contributed by atoms with Crippen LogP contribution in [-0.4, -0.2) is 17.8 Å². The first-order valence-corrected chi connectivity index (χ1v) is 5.71. The van der Waals surface area contributed by atoms with Crippen LogP contribution in [0.2, 0.25) is 0 Å². The van der Waals surface area contributed by atoms with Crippen molar-refractivity contribution in [1.29, 1.82) is 0 Å². The summed E-state index contributed by atoms with van der Waals surface area (Å²) in [4.78, 5) is 11.8. The third-order valence-electron chi connectivity index (χ3n) is 2.36. The average molecular weight is 244 g/mol. The van der Waals surface area contributed by atoms with E-state index in [2.05, 4.69) is 5.32 Å². The van der Waals surface area contributed by atoms with Crippen LogP contribution >= 0.6 is 11.6 Å². The van der Waals surface area contributed by atoms with Crippen LogP contribution in [0.4, 0.5) is 4.39 Å². The Bertz CT molecular complexity index is 381. The van der Waals surface area contributed by atoms with Gasteiger partial charge in [-0.15, -0.1) is 11.6 Å². The molecule has 0 radical (unpaired) electrons. The lowest BCUT2D eigenvalue weighted by molar-refractivity contribution is 0.0938. The highest BCUT2D eigenvalue weighted by Gasteiger charge is 2.12. The fourth-order valence-corrected chi connectivity index (χ4v) is 1.70. The molecule has 0 fully saturated rings. The van der Waals surface area contributed by atoms with Gasteiger partial charge in [0.05, 0.1) is 0 Å².